The molecule has 0 saturated carbocycles. The van der Waals surface area contributed by atoms with Gasteiger partial charge in [0.2, 0.25) is 0 Å². The van der Waals surface area contributed by atoms with Crippen molar-refractivity contribution in [3.05, 3.63) is 58.7 Å². The number of hydrogen-bond acceptors (Lipinski definition) is 2. The number of nitrogens with one attached hydrogen (secondary N) is 1. The Balaban J connectivity index is 2.16. The highest BCUT2D eigenvalue weighted by molar-refractivity contribution is 5.52. The van der Waals surface area contributed by atoms with Gasteiger partial charge in [0.15, 0.2) is 0 Å². The van der Waals surface area contributed by atoms with Gasteiger partial charge in [-0.3, -0.25) is 0 Å². The standard InChI is InChI=1S/C24H36N2/c1-15(2)20-10-21(16(3)4)12-22(11-20)26-14-18(7)19-8-9-24(25)23(13-19)17(5)6/h8-13,15-18,26H,14,25H2,1-7H3. The highest BCUT2D eigenvalue weighted by atomic mass is 14.9. The van der Waals surface area contributed by atoms with Crippen molar-refractivity contribution >= 4 is 11.4 Å². The van der Waals surface area contributed by atoms with Crippen LogP contribution in [0.15, 0.2) is 36.4 Å². The second kappa shape index (κ2) is 8.62. The highest BCUT2D eigenvalue weighted by Crippen LogP contribution is 2.28. The summed E-state index contributed by atoms with van der Waals surface area (Å²) in [5.41, 5.74) is 13.7. The van der Waals surface area contributed by atoms with Gasteiger partial charge in [-0.15, -0.1) is 0 Å². The lowest BCUT2D eigenvalue weighted by atomic mass is 9.93. The smallest absolute Gasteiger partial charge is 0.0349 e. The van der Waals surface area contributed by atoms with Crippen molar-refractivity contribution in [1.82, 2.24) is 0 Å². The molecule has 0 radical (unpaired) electrons. The van der Waals surface area contributed by atoms with E-state index in [0.29, 0.717) is 23.7 Å². The molecule has 0 aliphatic heterocycles. The summed E-state index contributed by atoms with van der Waals surface area (Å²) in [5.74, 6) is 1.96. The molecule has 2 heteroatoms. The zero-order valence-electron chi connectivity index (χ0n) is 17.6. The minimum Gasteiger partial charge on any atom is -0.398 e. The zero-order chi connectivity index (χ0) is 19.4. The third-order valence-corrected chi connectivity index (χ3v) is 5.23. The monoisotopic (exact) mass is 352 g/mol. The van der Waals surface area contributed by atoms with E-state index in [4.69, 9.17) is 5.73 Å². The predicted octanol–water partition coefficient (Wildman–Crippen LogP) is 6.85. The lowest BCUT2D eigenvalue weighted by Crippen LogP contribution is -2.11. The fraction of sp³-hybridized carbons (Fsp3) is 0.500. The Kier molecular flexibility index (Phi) is 6.75. The largest absolute Gasteiger partial charge is 0.398 e. The molecule has 2 aromatic rings. The van der Waals surface area contributed by atoms with Crippen LogP contribution in [0, 0.1) is 0 Å². The van der Waals surface area contributed by atoms with E-state index < -0.39 is 0 Å². The van der Waals surface area contributed by atoms with Crippen LogP contribution in [0.2, 0.25) is 0 Å². The minimum atomic E-state index is 0.429. The molecule has 0 bridgehead atoms. The van der Waals surface area contributed by atoms with E-state index in [2.05, 4.69) is 90.2 Å². The normalized spacial score (nSPS) is 12.8. The number of hydrogen-bond donors (Lipinski definition) is 2. The first-order chi connectivity index (χ1) is 12.2. The van der Waals surface area contributed by atoms with Gasteiger partial charge in [0.1, 0.15) is 0 Å². The Labute approximate surface area is 160 Å². The summed E-state index contributed by atoms with van der Waals surface area (Å²) in [5, 5.41) is 3.67. The molecule has 2 rings (SSSR count). The van der Waals surface area contributed by atoms with E-state index in [-0.39, 0.29) is 0 Å². The lowest BCUT2D eigenvalue weighted by Gasteiger charge is -2.19. The van der Waals surface area contributed by atoms with Crippen LogP contribution in [0.5, 0.6) is 0 Å². The van der Waals surface area contributed by atoms with Gasteiger partial charge in [0, 0.05) is 17.9 Å². The molecule has 0 aromatic heterocycles. The molecule has 2 nitrogen and oxygen atoms in total. The molecular weight excluding hydrogens is 316 g/mol. The molecule has 26 heavy (non-hydrogen) atoms. The van der Waals surface area contributed by atoms with Crippen molar-refractivity contribution in [3.63, 3.8) is 0 Å². The van der Waals surface area contributed by atoms with Gasteiger partial charge in [-0.05, 0) is 64.1 Å². The van der Waals surface area contributed by atoms with Gasteiger partial charge < -0.3 is 11.1 Å². The van der Waals surface area contributed by atoms with Crippen LogP contribution in [0.25, 0.3) is 0 Å². The van der Waals surface area contributed by atoms with Crippen molar-refractivity contribution in [2.24, 2.45) is 0 Å². The quantitative estimate of drug-likeness (QED) is 0.534. The first-order valence-corrected chi connectivity index (χ1v) is 9.97. The Morgan fingerprint density at radius 1 is 0.731 bits per heavy atom. The van der Waals surface area contributed by atoms with Crippen LogP contribution in [0.4, 0.5) is 11.4 Å². The summed E-state index contributed by atoms with van der Waals surface area (Å²) >= 11 is 0. The van der Waals surface area contributed by atoms with E-state index in [1.165, 1.54) is 27.9 Å². The molecule has 0 saturated heterocycles. The molecule has 1 atom stereocenters. The summed E-state index contributed by atoms with van der Waals surface area (Å²) in [6.45, 7) is 16.6. The summed E-state index contributed by atoms with van der Waals surface area (Å²) in [7, 11) is 0. The van der Waals surface area contributed by atoms with Crippen LogP contribution in [0.1, 0.15) is 94.4 Å². The number of anilines is 2. The molecule has 0 heterocycles. The van der Waals surface area contributed by atoms with Crippen LogP contribution >= 0.6 is 0 Å². The van der Waals surface area contributed by atoms with E-state index in [1.54, 1.807) is 0 Å². The van der Waals surface area contributed by atoms with E-state index in [1.807, 2.05) is 0 Å². The fourth-order valence-electron chi connectivity index (χ4n) is 3.23. The topological polar surface area (TPSA) is 38.0 Å². The second-order valence-corrected chi connectivity index (χ2v) is 8.52. The maximum atomic E-state index is 6.13. The zero-order valence-corrected chi connectivity index (χ0v) is 17.6. The average Bonchev–Trinajstić information content (AvgIpc) is 2.59. The fourth-order valence-corrected chi connectivity index (χ4v) is 3.23. The second-order valence-electron chi connectivity index (χ2n) is 8.52. The van der Waals surface area contributed by atoms with Gasteiger partial charge in [-0.25, -0.2) is 0 Å². The van der Waals surface area contributed by atoms with Crippen LogP contribution in [-0.4, -0.2) is 6.54 Å². The van der Waals surface area contributed by atoms with Gasteiger partial charge in [0.05, 0.1) is 0 Å². The van der Waals surface area contributed by atoms with Crippen molar-refractivity contribution in [3.8, 4) is 0 Å². The van der Waals surface area contributed by atoms with Crippen molar-refractivity contribution in [1.29, 1.82) is 0 Å². The van der Waals surface area contributed by atoms with E-state index in [0.717, 1.165) is 12.2 Å². The third kappa shape index (κ3) is 5.03. The number of benzene rings is 2. The molecule has 2 aromatic carbocycles. The number of nitrogen functional groups attached to an aromatic ring is 1. The molecule has 142 valence electrons. The Hall–Kier alpha value is -1.96. The van der Waals surface area contributed by atoms with Crippen LogP contribution in [-0.2, 0) is 0 Å². The Bertz CT molecular complexity index is 703. The molecule has 0 aliphatic rings. The van der Waals surface area contributed by atoms with Crippen LogP contribution < -0.4 is 11.1 Å². The summed E-state index contributed by atoms with van der Waals surface area (Å²) in [6, 6.07) is 13.4. The Morgan fingerprint density at radius 3 is 1.81 bits per heavy atom. The van der Waals surface area contributed by atoms with Crippen molar-refractivity contribution < 1.29 is 0 Å². The molecule has 0 amide bonds. The SMILES string of the molecule is CC(C)c1cc(NCC(C)c2ccc(N)c(C(C)C)c2)cc(C(C)C)c1. The third-order valence-electron chi connectivity index (χ3n) is 5.23. The summed E-state index contributed by atoms with van der Waals surface area (Å²) in [6.07, 6.45) is 0. The summed E-state index contributed by atoms with van der Waals surface area (Å²) in [4.78, 5) is 0. The van der Waals surface area contributed by atoms with Gasteiger partial charge in [-0.2, -0.15) is 0 Å². The van der Waals surface area contributed by atoms with Gasteiger partial charge in [0.25, 0.3) is 0 Å². The van der Waals surface area contributed by atoms with Gasteiger partial charge >= 0.3 is 0 Å². The first-order valence-electron chi connectivity index (χ1n) is 9.97. The van der Waals surface area contributed by atoms with Crippen molar-refractivity contribution in [2.75, 3.05) is 17.6 Å². The van der Waals surface area contributed by atoms with Crippen molar-refractivity contribution in [2.45, 2.75) is 72.1 Å². The molecular formula is C24H36N2. The minimum absolute atomic E-state index is 0.429. The average molecular weight is 353 g/mol. The predicted molar refractivity (Wildman–Crippen MR) is 116 cm³/mol. The van der Waals surface area contributed by atoms with Crippen LogP contribution in [0.3, 0.4) is 0 Å². The van der Waals surface area contributed by atoms with Gasteiger partial charge in [-0.1, -0.05) is 66.7 Å². The molecule has 0 aliphatic carbocycles. The highest BCUT2D eigenvalue weighted by Gasteiger charge is 2.12. The molecule has 0 fully saturated rings. The van der Waals surface area contributed by atoms with E-state index in [9.17, 15) is 0 Å². The maximum Gasteiger partial charge on any atom is 0.0349 e. The lowest BCUT2D eigenvalue weighted by molar-refractivity contribution is 0.791. The first kappa shape index (κ1) is 20.4. The summed E-state index contributed by atoms with van der Waals surface area (Å²) < 4.78 is 0. The molecule has 3 N–H and O–H groups in total. The Morgan fingerprint density at radius 2 is 1.31 bits per heavy atom. The number of nitrogens with two attached hydrogens (primary N) is 1. The number of rotatable bonds is 7. The molecule has 0 spiro atoms. The molecule has 1 unspecified atom stereocenters. The van der Waals surface area contributed by atoms with E-state index >= 15 is 0 Å². The maximum absolute atomic E-state index is 6.13.